The van der Waals surface area contributed by atoms with Crippen molar-refractivity contribution in [1.82, 2.24) is 9.47 Å². The topological polar surface area (TPSA) is 81.3 Å². The monoisotopic (exact) mass is 372 g/mol. The highest BCUT2D eigenvalue weighted by Crippen LogP contribution is 2.37. The molecule has 1 aromatic rings. The molecule has 2 N–H and O–H groups in total. The number of hydrogen-bond acceptors (Lipinski definition) is 4. The van der Waals surface area contributed by atoms with E-state index in [1.807, 2.05) is 13.8 Å². The summed E-state index contributed by atoms with van der Waals surface area (Å²) in [4.78, 5) is 15.0. The summed E-state index contributed by atoms with van der Waals surface area (Å²) < 4.78 is 2.19. The minimum absolute atomic E-state index is 0.0620. The first kappa shape index (κ1) is 19.9. The molecule has 1 unspecified atom stereocenters. The molecule has 2 heterocycles. The second kappa shape index (κ2) is 8.90. The summed E-state index contributed by atoms with van der Waals surface area (Å²) in [6.07, 6.45) is 8.61. The third kappa shape index (κ3) is 4.20. The zero-order valence-corrected chi connectivity index (χ0v) is 16.6. The normalized spacial score (nSPS) is 21.3. The zero-order valence-electron chi connectivity index (χ0n) is 16.6. The Morgan fingerprint density at radius 2 is 1.93 bits per heavy atom. The lowest BCUT2D eigenvalue weighted by molar-refractivity contribution is -0.118. The fourth-order valence-corrected chi connectivity index (χ4v) is 4.81. The van der Waals surface area contributed by atoms with Crippen LogP contribution in [0.4, 0.5) is 5.82 Å². The molecule has 1 amide bonds. The van der Waals surface area contributed by atoms with Gasteiger partial charge in [-0.3, -0.25) is 9.69 Å². The molecule has 1 aliphatic heterocycles. The van der Waals surface area contributed by atoms with Crippen LogP contribution in [0.25, 0.3) is 0 Å². The van der Waals surface area contributed by atoms with Crippen LogP contribution in [0.2, 0.25) is 0 Å². The largest absolute Gasteiger partial charge is 0.396 e. The van der Waals surface area contributed by atoms with Crippen molar-refractivity contribution >= 4 is 11.7 Å². The minimum Gasteiger partial charge on any atom is -0.396 e. The fourth-order valence-electron chi connectivity index (χ4n) is 4.81. The lowest BCUT2D eigenvalue weighted by Gasteiger charge is -2.35. The lowest BCUT2D eigenvalue weighted by Crippen LogP contribution is -2.44. The summed E-state index contributed by atoms with van der Waals surface area (Å²) in [5.41, 5.74) is 2.65. The summed E-state index contributed by atoms with van der Waals surface area (Å²) in [7, 11) is 0. The predicted octanol–water partition coefficient (Wildman–Crippen LogP) is 3.27. The van der Waals surface area contributed by atoms with Gasteiger partial charge in [-0.15, -0.1) is 0 Å². The number of likely N-dealkylation sites (tertiary alicyclic amines) is 1. The third-order valence-corrected chi connectivity index (χ3v) is 6.37. The highest BCUT2D eigenvalue weighted by Gasteiger charge is 2.28. The van der Waals surface area contributed by atoms with E-state index in [2.05, 4.69) is 20.9 Å². The van der Waals surface area contributed by atoms with Gasteiger partial charge in [-0.2, -0.15) is 5.26 Å². The highest BCUT2D eigenvalue weighted by atomic mass is 16.3. The lowest BCUT2D eigenvalue weighted by atomic mass is 10.00. The van der Waals surface area contributed by atoms with Crippen molar-refractivity contribution in [3.63, 3.8) is 0 Å². The number of nitrogens with zero attached hydrogens (tertiary/aromatic N) is 3. The van der Waals surface area contributed by atoms with Crippen molar-refractivity contribution in [3.8, 4) is 6.07 Å². The summed E-state index contributed by atoms with van der Waals surface area (Å²) in [5, 5.41) is 22.0. The van der Waals surface area contributed by atoms with Crippen LogP contribution in [0.5, 0.6) is 0 Å². The molecule has 0 bridgehead atoms. The molecule has 0 spiro atoms. The Balaban J connectivity index is 1.79. The smallest absolute Gasteiger partial charge is 0.239 e. The SMILES string of the molecule is Cc1c(C#N)c(NC(=O)CN2CCCCC2CCO)n(C2CCCC2)c1C. The van der Waals surface area contributed by atoms with E-state index < -0.39 is 0 Å². The number of nitrogens with one attached hydrogen (secondary N) is 1. The number of nitriles is 1. The van der Waals surface area contributed by atoms with Crippen molar-refractivity contribution < 1.29 is 9.90 Å². The van der Waals surface area contributed by atoms with E-state index in [0.29, 0.717) is 30.4 Å². The number of piperidine rings is 1. The van der Waals surface area contributed by atoms with Crippen LogP contribution in [0.1, 0.15) is 74.2 Å². The summed E-state index contributed by atoms with van der Waals surface area (Å²) in [6, 6.07) is 2.95. The molecule has 1 saturated heterocycles. The van der Waals surface area contributed by atoms with E-state index in [4.69, 9.17) is 0 Å². The Morgan fingerprint density at radius 3 is 2.59 bits per heavy atom. The summed E-state index contributed by atoms with van der Waals surface area (Å²) in [5.74, 6) is 0.619. The second-order valence-corrected chi connectivity index (χ2v) is 8.03. The van der Waals surface area contributed by atoms with Crippen LogP contribution in [0.15, 0.2) is 0 Å². The number of aromatic nitrogens is 1. The number of amides is 1. The number of aliphatic hydroxyl groups excluding tert-OH is 1. The maximum Gasteiger partial charge on any atom is 0.239 e. The minimum atomic E-state index is -0.0620. The van der Waals surface area contributed by atoms with Crippen molar-refractivity contribution in [1.29, 1.82) is 5.26 Å². The van der Waals surface area contributed by atoms with Gasteiger partial charge in [0.15, 0.2) is 0 Å². The summed E-state index contributed by atoms with van der Waals surface area (Å²) in [6.45, 7) is 5.39. The molecule has 148 valence electrons. The van der Waals surface area contributed by atoms with Gasteiger partial charge in [0.2, 0.25) is 5.91 Å². The average Bonchev–Trinajstić information content (AvgIpc) is 3.25. The molecule has 0 radical (unpaired) electrons. The van der Waals surface area contributed by atoms with Gasteiger partial charge in [0, 0.05) is 24.4 Å². The molecule has 1 aliphatic carbocycles. The molecule has 6 heteroatoms. The molecule has 1 saturated carbocycles. The van der Waals surface area contributed by atoms with Gasteiger partial charge in [-0.05, 0) is 58.1 Å². The molecule has 27 heavy (non-hydrogen) atoms. The van der Waals surface area contributed by atoms with Crippen LogP contribution in [-0.2, 0) is 4.79 Å². The molecule has 3 rings (SSSR count). The number of anilines is 1. The number of rotatable bonds is 6. The van der Waals surface area contributed by atoms with Crippen molar-refractivity contribution in [3.05, 3.63) is 16.8 Å². The Morgan fingerprint density at radius 1 is 1.22 bits per heavy atom. The van der Waals surface area contributed by atoms with Crippen molar-refractivity contribution in [2.24, 2.45) is 0 Å². The fraction of sp³-hybridized carbons (Fsp3) is 0.714. The molecule has 1 atom stereocenters. The molecule has 6 nitrogen and oxygen atoms in total. The van der Waals surface area contributed by atoms with Gasteiger partial charge in [0.1, 0.15) is 11.9 Å². The van der Waals surface area contributed by atoms with E-state index in [-0.39, 0.29) is 18.6 Å². The predicted molar refractivity (Wildman–Crippen MR) is 106 cm³/mol. The van der Waals surface area contributed by atoms with Gasteiger partial charge >= 0.3 is 0 Å². The highest BCUT2D eigenvalue weighted by molar-refractivity contribution is 5.93. The van der Waals surface area contributed by atoms with Crippen LogP contribution in [0, 0.1) is 25.2 Å². The first-order chi connectivity index (χ1) is 13.1. The third-order valence-electron chi connectivity index (χ3n) is 6.37. The maximum absolute atomic E-state index is 12.8. The van der Waals surface area contributed by atoms with E-state index in [1.165, 1.54) is 12.8 Å². The number of carbonyl (C=O) groups excluding carboxylic acids is 1. The van der Waals surface area contributed by atoms with Gasteiger partial charge in [0.05, 0.1) is 12.1 Å². The first-order valence-electron chi connectivity index (χ1n) is 10.3. The van der Waals surface area contributed by atoms with Crippen LogP contribution >= 0.6 is 0 Å². The van der Waals surface area contributed by atoms with Crippen molar-refractivity contribution in [2.45, 2.75) is 77.3 Å². The molecule has 1 aromatic heterocycles. The van der Waals surface area contributed by atoms with E-state index in [0.717, 1.165) is 49.9 Å². The van der Waals surface area contributed by atoms with Gasteiger partial charge in [-0.1, -0.05) is 19.3 Å². The average molecular weight is 373 g/mol. The summed E-state index contributed by atoms with van der Waals surface area (Å²) >= 11 is 0. The Kier molecular flexibility index (Phi) is 6.56. The molecular weight excluding hydrogens is 340 g/mol. The Labute approximate surface area is 162 Å². The quantitative estimate of drug-likeness (QED) is 0.803. The van der Waals surface area contributed by atoms with Crippen molar-refractivity contribution in [2.75, 3.05) is 25.0 Å². The van der Waals surface area contributed by atoms with E-state index >= 15 is 0 Å². The molecule has 0 aromatic carbocycles. The first-order valence-corrected chi connectivity index (χ1v) is 10.3. The van der Waals surface area contributed by atoms with E-state index in [1.54, 1.807) is 0 Å². The van der Waals surface area contributed by atoms with Gasteiger partial charge in [-0.25, -0.2) is 0 Å². The molecule has 2 aliphatic rings. The zero-order chi connectivity index (χ0) is 19.4. The molecule has 2 fully saturated rings. The molecular formula is C21H32N4O2. The number of carbonyl (C=O) groups is 1. The van der Waals surface area contributed by atoms with Gasteiger partial charge in [0.25, 0.3) is 0 Å². The van der Waals surface area contributed by atoms with Crippen LogP contribution in [0.3, 0.4) is 0 Å². The second-order valence-electron chi connectivity index (χ2n) is 8.03. The Hall–Kier alpha value is -1.84. The van der Waals surface area contributed by atoms with Crippen LogP contribution in [-0.4, -0.2) is 46.2 Å². The van der Waals surface area contributed by atoms with Gasteiger partial charge < -0.3 is 15.0 Å². The number of aliphatic hydroxyl groups is 1. The number of hydrogen-bond donors (Lipinski definition) is 2. The van der Waals surface area contributed by atoms with E-state index in [9.17, 15) is 15.2 Å². The maximum atomic E-state index is 12.8. The Bertz CT molecular complexity index is 711. The standard InChI is InChI=1S/C21H32N4O2/c1-15-16(2)25(18-8-3-4-9-18)21(19(15)13-22)23-20(27)14-24-11-6-5-7-17(24)10-12-26/h17-18,26H,3-12,14H2,1-2H3,(H,23,27). The van der Waals surface area contributed by atoms with Crippen LogP contribution < -0.4 is 5.32 Å².